The molecule has 6 heteroatoms. The Bertz CT molecular complexity index is 925. The van der Waals surface area contributed by atoms with Crippen LogP contribution in [0.15, 0.2) is 42.6 Å². The van der Waals surface area contributed by atoms with Gasteiger partial charge in [-0.05, 0) is 49.2 Å². The first-order chi connectivity index (χ1) is 14.2. The van der Waals surface area contributed by atoms with Gasteiger partial charge in [-0.3, -0.25) is 4.90 Å². The molecule has 2 aromatic rings. The lowest BCUT2D eigenvalue weighted by atomic mass is 9.72. The average Bonchev–Trinajstić information content (AvgIpc) is 3.02. The van der Waals surface area contributed by atoms with E-state index in [-0.39, 0.29) is 17.6 Å². The van der Waals surface area contributed by atoms with E-state index in [0.29, 0.717) is 5.56 Å². The summed E-state index contributed by atoms with van der Waals surface area (Å²) in [4.78, 5) is 9.08. The number of aliphatic hydroxyl groups excluding tert-OH is 1. The molecule has 29 heavy (non-hydrogen) atoms. The SMILES string of the molecule is N#Cc1cccnc1N1CCN([C@@H]2c3ccccc3C3(CCNCC3)[C@H]2O)CC1. The molecule has 0 radical (unpaired) electrons. The second-order valence-corrected chi connectivity index (χ2v) is 8.39. The summed E-state index contributed by atoms with van der Waals surface area (Å²) < 4.78 is 0. The summed E-state index contributed by atoms with van der Waals surface area (Å²) in [7, 11) is 0. The number of aromatic nitrogens is 1. The molecular formula is C23H27N5O. The number of anilines is 1. The number of hydrogen-bond acceptors (Lipinski definition) is 6. The molecule has 3 heterocycles. The van der Waals surface area contributed by atoms with Crippen LogP contribution in [0.4, 0.5) is 5.82 Å². The largest absolute Gasteiger partial charge is 0.390 e. The van der Waals surface area contributed by atoms with Gasteiger partial charge in [0, 0.05) is 37.8 Å². The average molecular weight is 390 g/mol. The molecule has 2 aliphatic heterocycles. The van der Waals surface area contributed by atoms with Crippen molar-refractivity contribution < 1.29 is 5.11 Å². The van der Waals surface area contributed by atoms with Gasteiger partial charge in [0.1, 0.15) is 11.9 Å². The summed E-state index contributed by atoms with van der Waals surface area (Å²) in [6.45, 7) is 5.25. The Hall–Kier alpha value is -2.46. The topological polar surface area (TPSA) is 75.4 Å². The lowest BCUT2D eigenvalue weighted by molar-refractivity contribution is -0.00363. The molecule has 6 nitrogen and oxygen atoms in total. The lowest BCUT2D eigenvalue weighted by Crippen LogP contribution is -2.53. The van der Waals surface area contributed by atoms with Crippen LogP contribution in [0.2, 0.25) is 0 Å². The van der Waals surface area contributed by atoms with Gasteiger partial charge in [0.2, 0.25) is 0 Å². The fourth-order valence-electron chi connectivity index (χ4n) is 5.62. The summed E-state index contributed by atoms with van der Waals surface area (Å²) in [6.07, 6.45) is 3.35. The predicted molar refractivity (Wildman–Crippen MR) is 112 cm³/mol. The number of nitrogens with zero attached hydrogens (tertiary/aromatic N) is 4. The van der Waals surface area contributed by atoms with Gasteiger partial charge < -0.3 is 15.3 Å². The monoisotopic (exact) mass is 389 g/mol. The molecular weight excluding hydrogens is 362 g/mol. The van der Waals surface area contributed by atoms with Gasteiger partial charge in [-0.25, -0.2) is 4.98 Å². The molecule has 2 fully saturated rings. The molecule has 2 N–H and O–H groups in total. The van der Waals surface area contributed by atoms with E-state index in [2.05, 4.69) is 50.4 Å². The zero-order chi connectivity index (χ0) is 19.8. The highest BCUT2D eigenvalue weighted by Crippen LogP contribution is 2.52. The van der Waals surface area contributed by atoms with Crippen molar-refractivity contribution in [2.45, 2.75) is 30.4 Å². The number of rotatable bonds is 2. The highest BCUT2D eigenvalue weighted by Gasteiger charge is 2.53. The van der Waals surface area contributed by atoms with Crippen molar-refractivity contribution >= 4 is 5.82 Å². The van der Waals surface area contributed by atoms with Gasteiger partial charge in [0.05, 0.1) is 17.7 Å². The summed E-state index contributed by atoms with van der Waals surface area (Å²) in [5.74, 6) is 0.775. The second kappa shape index (κ2) is 7.42. The molecule has 0 amide bonds. The maximum atomic E-state index is 11.6. The van der Waals surface area contributed by atoms with Gasteiger partial charge in [-0.15, -0.1) is 0 Å². The van der Waals surface area contributed by atoms with Crippen molar-refractivity contribution in [2.24, 2.45) is 0 Å². The van der Waals surface area contributed by atoms with Crippen molar-refractivity contribution in [3.05, 3.63) is 59.3 Å². The Kier molecular flexibility index (Phi) is 4.75. The van der Waals surface area contributed by atoms with Crippen molar-refractivity contribution in [3.63, 3.8) is 0 Å². The molecule has 1 aromatic heterocycles. The van der Waals surface area contributed by atoms with Crippen LogP contribution in [0, 0.1) is 11.3 Å². The number of fused-ring (bicyclic) bond motifs is 2. The number of pyridine rings is 1. The van der Waals surface area contributed by atoms with Crippen LogP contribution in [0.1, 0.15) is 35.6 Å². The smallest absolute Gasteiger partial charge is 0.146 e. The molecule has 3 aliphatic rings. The van der Waals surface area contributed by atoms with E-state index < -0.39 is 0 Å². The third kappa shape index (κ3) is 2.93. The predicted octanol–water partition coefficient (Wildman–Crippen LogP) is 1.81. The third-order valence-corrected chi connectivity index (χ3v) is 7.09. The molecule has 0 saturated carbocycles. The zero-order valence-electron chi connectivity index (χ0n) is 16.6. The number of nitriles is 1. The summed E-state index contributed by atoms with van der Waals surface area (Å²) in [5, 5.41) is 24.4. The van der Waals surface area contributed by atoms with Gasteiger partial charge in [0.25, 0.3) is 0 Å². The van der Waals surface area contributed by atoms with E-state index in [1.54, 1.807) is 6.20 Å². The van der Waals surface area contributed by atoms with Crippen molar-refractivity contribution in [1.29, 1.82) is 5.26 Å². The van der Waals surface area contributed by atoms with Gasteiger partial charge in [-0.2, -0.15) is 5.26 Å². The first kappa shape index (κ1) is 18.6. The second-order valence-electron chi connectivity index (χ2n) is 8.39. The van der Waals surface area contributed by atoms with E-state index in [1.807, 2.05) is 12.1 Å². The number of hydrogen-bond donors (Lipinski definition) is 2. The Morgan fingerprint density at radius 1 is 1.07 bits per heavy atom. The van der Waals surface area contributed by atoms with Crippen LogP contribution >= 0.6 is 0 Å². The van der Waals surface area contributed by atoms with E-state index >= 15 is 0 Å². The molecule has 1 spiro atoms. The Balaban J connectivity index is 1.39. The number of piperazine rings is 1. The molecule has 2 atom stereocenters. The van der Waals surface area contributed by atoms with Crippen LogP contribution in [-0.4, -0.2) is 60.4 Å². The third-order valence-electron chi connectivity index (χ3n) is 7.09. The number of nitrogens with one attached hydrogen (secondary N) is 1. The fourth-order valence-corrected chi connectivity index (χ4v) is 5.62. The summed E-state index contributed by atoms with van der Waals surface area (Å²) in [6, 6.07) is 14.6. The number of benzene rings is 1. The molecule has 5 rings (SSSR count). The standard InChI is InChI=1S/C23H27N5O/c24-16-17-4-3-9-26-22(17)28-14-12-27(13-15-28)20-18-5-1-2-6-19(18)23(21(20)29)7-10-25-11-8-23/h1-6,9,20-21,25,29H,7-8,10-15H2/t20-,21+/m1/s1. The molecule has 0 unspecified atom stereocenters. The summed E-state index contributed by atoms with van der Waals surface area (Å²) >= 11 is 0. The Morgan fingerprint density at radius 2 is 1.83 bits per heavy atom. The van der Waals surface area contributed by atoms with Crippen molar-refractivity contribution in [1.82, 2.24) is 15.2 Å². The highest BCUT2D eigenvalue weighted by atomic mass is 16.3. The van der Waals surface area contributed by atoms with E-state index in [0.717, 1.165) is 57.9 Å². The van der Waals surface area contributed by atoms with Crippen molar-refractivity contribution in [2.75, 3.05) is 44.2 Å². The molecule has 0 bridgehead atoms. The van der Waals surface area contributed by atoms with Crippen LogP contribution in [0.25, 0.3) is 0 Å². The van der Waals surface area contributed by atoms with Crippen LogP contribution in [-0.2, 0) is 5.41 Å². The normalized spacial score (nSPS) is 26.3. The maximum absolute atomic E-state index is 11.6. The Morgan fingerprint density at radius 3 is 2.59 bits per heavy atom. The number of aliphatic hydroxyl groups is 1. The first-order valence-electron chi connectivity index (χ1n) is 10.6. The Labute approximate surface area is 171 Å². The van der Waals surface area contributed by atoms with E-state index in [1.165, 1.54) is 11.1 Å². The fraction of sp³-hybridized carbons (Fsp3) is 0.478. The van der Waals surface area contributed by atoms with Gasteiger partial charge >= 0.3 is 0 Å². The van der Waals surface area contributed by atoms with Gasteiger partial charge in [0.15, 0.2) is 0 Å². The molecule has 2 saturated heterocycles. The van der Waals surface area contributed by atoms with Crippen molar-refractivity contribution in [3.8, 4) is 6.07 Å². The molecule has 150 valence electrons. The van der Waals surface area contributed by atoms with Crippen LogP contribution in [0.5, 0.6) is 0 Å². The molecule has 1 aliphatic carbocycles. The first-order valence-corrected chi connectivity index (χ1v) is 10.6. The number of piperidine rings is 1. The minimum absolute atomic E-state index is 0.0469. The van der Waals surface area contributed by atoms with E-state index in [9.17, 15) is 10.4 Å². The maximum Gasteiger partial charge on any atom is 0.146 e. The lowest BCUT2D eigenvalue weighted by Gasteiger charge is -2.43. The quantitative estimate of drug-likeness (QED) is 0.816. The van der Waals surface area contributed by atoms with E-state index in [4.69, 9.17) is 0 Å². The highest BCUT2D eigenvalue weighted by molar-refractivity contribution is 5.54. The minimum atomic E-state index is -0.377. The van der Waals surface area contributed by atoms with Crippen LogP contribution < -0.4 is 10.2 Å². The molecule has 1 aromatic carbocycles. The van der Waals surface area contributed by atoms with Crippen LogP contribution in [0.3, 0.4) is 0 Å². The summed E-state index contributed by atoms with van der Waals surface area (Å²) in [5.41, 5.74) is 3.14. The van der Waals surface area contributed by atoms with Gasteiger partial charge in [-0.1, -0.05) is 24.3 Å². The zero-order valence-corrected chi connectivity index (χ0v) is 16.6. The minimum Gasteiger partial charge on any atom is -0.390 e.